The SMILES string of the molecule is O=C(O)COc1cccc(NC(=O)NCc2cscn2)c1. The van der Waals surface area contributed by atoms with Gasteiger partial charge in [-0.25, -0.2) is 14.6 Å². The van der Waals surface area contributed by atoms with Crippen molar-refractivity contribution in [1.29, 1.82) is 0 Å². The van der Waals surface area contributed by atoms with E-state index in [1.54, 1.807) is 29.8 Å². The molecule has 0 saturated carbocycles. The average molecular weight is 307 g/mol. The van der Waals surface area contributed by atoms with Crippen LogP contribution in [0.5, 0.6) is 5.75 Å². The first-order valence-corrected chi connectivity index (χ1v) is 6.94. The van der Waals surface area contributed by atoms with Crippen molar-refractivity contribution in [3.8, 4) is 5.75 Å². The summed E-state index contributed by atoms with van der Waals surface area (Å²) < 4.78 is 5.03. The first kappa shape index (κ1) is 14.8. The molecule has 1 heterocycles. The smallest absolute Gasteiger partial charge is 0.341 e. The van der Waals surface area contributed by atoms with Crippen molar-refractivity contribution in [2.75, 3.05) is 11.9 Å². The van der Waals surface area contributed by atoms with E-state index < -0.39 is 12.6 Å². The van der Waals surface area contributed by atoms with Gasteiger partial charge in [-0.3, -0.25) is 0 Å². The molecule has 0 aliphatic heterocycles. The Morgan fingerprint density at radius 3 is 2.95 bits per heavy atom. The number of thiazole rings is 1. The van der Waals surface area contributed by atoms with Gasteiger partial charge in [0, 0.05) is 17.1 Å². The van der Waals surface area contributed by atoms with Crippen molar-refractivity contribution in [3.63, 3.8) is 0 Å². The molecule has 110 valence electrons. The van der Waals surface area contributed by atoms with Gasteiger partial charge >= 0.3 is 12.0 Å². The van der Waals surface area contributed by atoms with Crippen molar-refractivity contribution < 1.29 is 19.4 Å². The van der Waals surface area contributed by atoms with Crippen LogP contribution in [-0.4, -0.2) is 28.7 Å². The highest BCUT2D eigenvalue weighted by Crippen LogP contribution is 2.17. The summed E-state index contributed by atoms with van der Waals surface area (Å²) >= 11 is 1.46. The number of nitrogens with zero attached hydrogens (tertiary/aromatic N) is 1. The summed E-state index contributed by atoms with van der Waals surface area (Å²) in [6, 6.07) is 6.12. The Bertz CT molecular complexity index is 616. The predicted octanol–water partition coefficient (Wildman–Crippen LogP) is 1.93. The molecule has 0 spiro atoms. The zero-order valence-corrected chi connectivity index (χ0v) is 11.7. The molecule has 0 bridgehead atoms. The summed E-state index contributed by atoms with van der Waals surface area (Å²) in [6.45, 7) is -0.0932. The number of aliphatic carboxylic acids is 1. The zero-order valence-electron chi connectivity index (χ0n) is 10.9. The maximum Gasteiger partial charge on any atom is 0.341 e. The number of carbonyl (C=O) groups excluding carboxylic acids is 1. The molecule has 0 unspecified atom stereocenters. The van der Waals surface area contributed by atoms with E-state index in [-0.39, 0.29) is 6.03 Å². The van der Waals surface area contributed by atoms with Crippen molar-refractivity contribution in [2.45, 2.75) is 6.54 Å². The normalized spacial score (nSPS) is 9.90. The number of hydrogen-bond donors (Lipinski definition) is 3. The molecular weight excluding hydrogens is 294 g/mol. The number of benzene rings is 1. The highest BCUT2D eigenvalue weighted by atomic mass is 32.1. The van der Waals surface area contributed by atoms with Gasteiger partial charge in [-0.1, -0.05) is 6.07 Å². The lowest BCUT2D eigenvalue weighted by molar-refractivity contribution is -0.139. The summed E-state index contributed by atoms with van der Waals surface area (Å²) in [5.41, 5.74) is 2.99. The second-order valence-electron chi connectivity index (χ2n) is 4.00. The van der Waals surface area contributed by atoms with E-state index in [1.807, 2.05) is 5.38 Å². The minimum atomic E-state index is -1.06. The average Bonchev–Trinajstić information content (AvgIpc) is 2.97. The van der Waals surface area contributed by atoms with Crippen LogP contribution < -0.4 is 15.4 Å². The largest absolute Gasteiger partial charge is 0.482 e. The molecule has 0 saturated heterocycles. The third-order valence-electron chi connectivity index (χ3n) is 2.37. The van der Waals surface area contributed by atoms with Crippen LogP contribution in [-0.2, 0) is 11.3 Å². The topological polar surface area (TPSA) is 101 Å². The van der Waals surface area contributed by atoms with E-state index in [4.69, 9.17) is 9.84 Å². The molecule has 2 rings (SSSR count). The third kappa shape index (κ3) is 5.11. The molecule has 0 aliphatic rings. The molecule has 2 aromatic rings. The van der Waals surface area contributed by atoms with Crippen LogP contribution in [0.2, 0.25) is 0 Å². The number of amides is 2. The van der Waals surface area contributed by atoms with Gasteiger partial charge in [0.15, 0.2) is 6.61 Å². The molecule has 21 heavy (non-hydrogen) atoms. The molecule has 0 aliphatic carbocycles. The van der Waals surface area contributed by atoms with Gasteiger partial charge in [0.05, 0.1) is 17.7 Å². The fourth-order valence-corrected chi connectivity index (χ4v) is 2.04. The second-order valence-corrected chi connectivity index (χ2v) is 4.72. The van der Waals surface area contributed by atoms with Crippen molar-refractivity contribution in [2.24, 2.45) is 0 Å². The Labute approximate surface area is 124 Å². The number of anilines is 1. The van der Waals surface area contributed by atoms with E-state index in [0.717, 1.165) is 5.69 Å². The fourth-order valence-electron chi connectivity index (χ4n) is 1.48. The number of nitrogens with one attached hydrogen (secondary N) is 2. The molecule has 7 nitrogen and oxygen atoms in total. The quantitative estimate of drug-likeness (QED) is 0.757. The predicted molar refractivity (Wildman–Crippen MR) is 77.5 cm³/mol. The monoisotopic (exact) mass is 307 g/mol. The maximum atomic E-state index is 11.7. The lowest BCUT2D eigenvalue weighted by Crippen LogP contribution is -2.28. The fraction of sp³-hybridized carbons (Fsp3) is 0.154. The molecule has 1 aromatic heterocycles. The molecule has 0 fully saturated rings. The van der Waals surface area contributed by atoms with E-state index in [9.17, 15) is 9.59 Å². The van der Waals surface area contributed by atoms with E-state index >= 15 is 0 Å². The highest BCUT2D eigenvalue weighted by Gasteiger charge is 2.04. The van der Waals surface area contributed by atoms with Crippen molar-refractivity contribution in [1.82, 2.24) is 10.3 Å². The number of hydrogen-bond acceptors (Lipinski definition) is 5. The Hall–Kier alpha value is -2.61. The van der Waals surface area contributed by atoms with Gasteiger partial charge in [0.1, 0.15) is 5.75 Å². The van der Waals surface area contributed by atoms with Crippen LogP contribution in [0.4, 0.5) is 10.5 Å². The van der Waals surface area contributed by atoms with Crippen LogP contribution in [0, 0.1) is 0 Å². The standard InChI is InChI=1S/C13H13N3O4S/c17-12(18)6-20-11-3-1-2-9(4-11)16-13(19)14-5-10-7-21-8-15-10/h1-4,7-8H,5-6H2,(H,17,18)(H2,14,16,19). The zero-order chi connectivity index (χ0) is 15.1. The lowest BCUT2D eigenvalue weighted by Gasteiger charge is -2.08. The van der Waals surface area contributed by atoms with Gasteiger partial charge < -0.3 is 20.5 Å². The lowest BCUT2D eigenvalue weighted by atomic mass is 10.3. The van der Waals surface area contributed by atoms with Crippen LogP contribution in [0.25, 0.3) is 0 Å². The molecule has 8 heteroatoms. The summed E-state index contributed by atoms with van der Waals surface area (Å²) in [5, 5.41) is 15.7. The third-order valence-corrected chi connectivity index (χ3v) is 3.00. The summed E-state index contributed by atoms with van der Waals surface area (Å²) in [4.78, 5) is 26.2. The highest BCUT2D eigenvalue weighted by molar-refractivity contribution is 7.07. The Morgan fingerprint density at radius 1 is 1.38 bits per heavy atom. The van der Waals surface area contributed by atoms with Gasteiger partial charge in [0.2, 0.25) is 0 Å². The number of ether oxygens (including phenoxy) is 1. The van der Waals surface area contributed by atoms with Crippen LogP contribution >= 0.6 is 11.3 Å². The Morgan fingerprint density at radius 2 is 2.24 bits per heavy atom. The number of rotatable bonds is 6. The number of carboxylic acid groups (broad SMARTS) is 1. The van der Waals surface area contributed by atoms with E-state index in [0.29, 0.717) is 18.0 Å². The van der Waals surface area contributed by atoms with Crippen molar-refractivity contribution in [3.05, 3.63) is 40.8 Å². The van der Waals surface area contributed by atoms with Gasteiger partial charge in [-0.05, 0) is 12.1 Å². The minimum Gasteiger partial charge on any atom is -0.482 e. The number of aromatic nitrogens is 1. The Balaban J connectivity index is 1.85. The minimum absolute atomic E-state index is 0.338. The summed E-state index contributed by atoms with van der Waals surface area (Å²) in [5.74, 6) is -0.691. The molecule has 3 N–H and O–H groups in total. The van der Waals surface area contributed by atoms with Crippen LogP contribution in [0.3, 0.4) is 0 Å². The number of carboxylic acids is 1. The first-order chi connectivity index (χ1) is 10.1. The van der Waals surface area contributed by atoms with E-state index in [2.05, 4.69) is 15.6 Å². The molecule has 2 amide bonds. The summed E-state index contributed by atoms with van der Waals surface area (Å²) in [7, 11) is 0. The van der Waals surface area contributed by atoms with Gasteiger partial charge in [-0.2, -0.15) is 0 Å². The van der Waals surface area contributed by atoms with Gasteiger partial charge in [0.25, 0.3) is 0 Å². The molecule has 1 aromatic carbocycles. The molecular formula is C13H13N3O4S. The maximum absolute atomic E-state index is 11.7. The van der Waals surface area contributed by atoms with Crippen LogP contribution in [0.15, 0.2) is 35.2 Å². The second kappa shape index (κ2) is 7.25. The molecule has 0 atom stereocenters. The van der Waals surface area contributed by atoms with Gasteiger partial charge in [-0.15, -0.1) is 11.3 Å². The summed E-state index contributed by atoms with van der Waals surface area (Å²) in [6.07, 6.45) is 0. The number of carbonyl (C=O) groups is 2. The van der Waals surface area contributed by atoms with Crippen LogP contribution in [0.1, 0.15) is 5.69 Å². The number of urea groups is 1. The first-order valence-electron chi connectivity index (χ1n) is 6.00. The molecule has 0 radical (unpaired) electrons. The van der Waals surface area contributed by atoms with Crippen molar-refractivity contribution >= 4 is 29.0 Å². The Kier molecular flexibility index (Phi) is 5.10. The van der Waals surface area contributed by atoms with E-state index in [1.165, 1.54) is 11.3 Å².